The Balaban J connectivity index is 1.33. The summed E-state index contributed by atoms with van der Waals surface area (Å²) in [4.78, 5) is 15.5. The quantitative estimate of drug-likeness (QED) is 0.185. The summed E-state index contributed by atoms with van der Waals surface area (Å²) in [6.45, 7) is 0. The van der Waals surface area contributed by atoms with Crippen LogP contribution in [0.4, 0.5) is 0 Å². The van der Waals surface area contributed by atoms with Gasteiger partial charge in [-0.15, -0.1) is 11.3 Å². The van der Waals surface area contributed by atoms with E-state index in [4.69, 9.17) is 15.0 Å². The van der Waals surface area contributed by atoms with Crippen LogP contribution in [0.25, 0.3) is 93.0 Å². The zero-order valence-corrected chi connectivity index (χ0v) is 27.7. The van der Waals surface area contributed by atoms with E-state index in [1.807, 2.05) is 47.7 Å². The average molecular weight is 657 g/mol. The Morgan fingerprint density at radius 1 is 0.400 bits per heavy atom. The van der Waals surface area contributed by atoms with Crippen molar-refractivity contribution in [1.82, 2.24) is 19.5 Å². The van der Waals surface area contributed by atoms with Crippen LogP contribution in [-0.4, -0.2) is 19.5 Å². The molecule has 0 radical (unpaired) electrons. The number of rotatable bonds is 5. The van der Waals surface area contributed by atoms with Crippen LogP contribution in [0.15, 0.2) is 170 Å². The van der Waals surface area contributed by atoms with Crippen LogP contribution >= 0.6 is 11.3 Å². The molecule has 3 aromatic heterocycles. The van der Waals surface area contributed by atoms with Gasteiger partial charge in [0.25, 0.3) is 0 Å². The van der Waals surface area contributed by atoms with Gasteiger partial charge in [-0.05, 0) is 35.4 Å². The summed E-state index contributed by atoms with van der Waals surface area (Å²) in [5.41, 5.74) is 8.40. The number of thiophene rings is 1. The summed E-state index contributed by atoms with van der Waals surface area (Å²) >= 11 is 1.85. The molecule has 234 valence electrons. The first kappa shape index (κ1) is 28.6. The predicted octanol–water partition coefficient (Wildman–Crippen LogP) is 12.0. The van der Waals surface area contributed by atoms with E-state index < -0.39 is 0 Å². The average Bonchev–Trinajstić information content (AvgIpc) is 3.75. The van der Waals surface area contributed by atoms with Crippen molar-refractivity contribution in [1.29, 1.82) is 0 Å². The van der Waals surface area contributed by atoms with Crippen LogP contribution in [0.3, 0.4) is 0 Å². The van der Waals surface area contributed by atoms with E-state index in [1.165, 1.54) is 36.5 Å². The maximum atomic E-state index is 5.23. The number of aromatic nitrogens is 4. The Labute approximate surface area is 292 Å². The summed E-state index contributed by atoms with van der Waals surface area (Å²) in [7, 11) is 0. The van der Waals surface area contributed by atoms with Crippen molar-refractivity contribution in [2.75, 3.05) is 0 Å². The molecule has 3 heterocycles. The smallest absolute Gasteiger partial charge is 0.166 e. The first-order valence-electron chi connectivity index (χ1n) is 16.7. The van der Waals surface area contributed by atoms with Crippen LogP contribution in [-0.2, 0) is 0 Å². The molecule has 0 N–H and O–H groups in total. The third-order valence-electron chi connectivity index (χ3n) is 9.46. The molecule has 10 aromatic rings. The van der Waals surface area contributed by atoms with Gasteiger partial charge in [0.05, 0.1) is 21.4 Å². The molecule has 0 fully saturated rings. The van der Waals surface area contributed by atoms with Gasteiger partial charge in [0, 0.05) is 42.9 Å². The van der Waals surface area contributed by atoms with E-state index in [2.05, 4.69) is 138 Å². The minimum Gasteiger partial charge on any atom is -0.307 e. The van der Waals surface area contributed by atoms with Crippen molar-refractivity contribution in [3.63, 3.8) is 0 Å². The zero-order valence-electron chi connectivity index (χ0n) is 26.9. The maximum absolute atomic E-state index is 5.23. The lowest BCUT2D eigenvalue weighted by atomic mass is 10.0. The van der Waals surface area contributed by atoms with Crippen LogP contribution in [0.5, 0.6) is 0 Å². The van der Waals surface area contributed by atoms with Crippen molar-refractivity contribution in [2.24, 2.45) is 0 Å². The molecule has 5 heteroatoms. The van der Waals surface area contributed by atoms with E-state index in [-0.39, 0.29) is 0 Å². The van der Waals surface area contributed by atoms with Gasteiger partial charge >= 0.3 is 0 Å². The maximum Gasteiger partial charge on any atom is 0.166 e. The monoisotopic (exact) mass is 656 g/mol. The molecular weight excluding hydrogens is 629 g/mol. The van der Waals surface area contributed by atoms with E-state index in [0.717, 1.165) is 39.0 Å². The highest BCUT2D eigenvalue weighted by molar-refractivity contribution is 7.26. The number of hydrogen-bond acceptors (Lipinski definition) is 4. The highest BCUT2D eigenvalue weighted by atomic mass is 32.1. The van der Waals surface area contributed by atoms with E-state index in [9.17, 15) is 0 Å². The van der Waals surface area contributed by atoms with E-state index in [0.29, 0.717) is 17.5 Å². The predicted molar refractivity (Wildman–Crippen MR) is 209 cm³/mol. The normalized spacial score (nSPS) is 11.6. The molecule has 10 rings (SSSR count). The number of benzene rings is 7. The molecule has 0 atom stereocenters. The van der Waals surface area contributed by atoms with Gasteiger partial charge in [-0.2, -0.15) is 0 Å². The zero-order chi connectivity index (χ0) is 33.0. The SMILES string of the molecule is c1ccc(-c2ccc(-n3c4ccccc4c4ccc5c6ccccc6sc5c43)c(-c3nc(-c4ccccc4)nc(-c4ccccc4)n3)c2)cc1. The van der Waals surface area contributed by atoms with Crippen LogP contribution in [0.1, 0.15) is 0 Å². The van der Waals surface area contributed by atoms with Crippen molar-refractivity contribution in [3.05, 3.63) is 170 Å². The minimum atomic E-state index is 0.625. The first-order chi connectivity index (χ1) is 24.8. The van der Waals surface area contributed by atoms with Crippen molar-refractivity contribution in [3.8, 4) is 51.0 Å². The number of para-hydroxylation sites is 1. The Morgan fingerprint density at radius 2 is 0.960 bits per heavy atom. The van der Waals surface area contributed by atoms with Crippen LogP contribution in [0.2, 0.25) is 0 Å². The molecule has 0 bridgehead atoms. The molecule has 0 aliphatic heterocycles. The number of nitrogens with zero attached hydrogens (tertiary/aromatic N) is 4. The molecule has 0 saturated carbocycles. The first-order valence-corrected chi connectivity index (χ1v) is 17.5. The lowest BCUT2D eigenvalue weighted by Gasteiger charge is -2.16. The molecule has 7 aromatic carbocycles. The molecular formula is C45H28N4S. The summed E-state index contributed by atoms with van der Waals surface area (Å²) in [5.74, 6) is 1.90. The van der Waals surface area contributed by atoms with Crippen LogP contribution < -0.4 is 0 Å². The molecule has 0 unspecified atom stereocenters. The second kappa shape index (κ2) is 11.6. The Kier molecular flexibility index (Phi) is 6.64. The molecule has 4 nitrogen and oxygen atoms in total. The van der Waals surface area contributed by atoms with Gasteiger partial charge in [0.15, 0.2) is 17.5 Å². The lowest BCUT2D eigenvalue weighted by Crippen LogP contribution is -2.04. The third kappa shape index (κ3) is 4.63. The van der Waals surface area contributed by atoms with Gasteiger partial charge in [0.1, 0.15) is 0 Å². The molecule has 50 heavy (non-hydrogen) atoms. The summed E-state index contributed by atoms with van der Waals surface area (Å²) < 4.78 is 4.98. The van der Waals surface area contributed by atoms with Crippen molar-refractivity contribution in [2.45, 2.75) is 0 Å². The molecule has 0 spiro atoms. The fourth-order valence-corrected chi connectivity index (χ4v) is 8.37. The van der Waals surface area contributed by atoms with E-state index >= 15 is 0 Å². The summed E-state index contributed by atoms with van der Waals surface area (Å²) in [6.07, 6.45) is 0. The fraction of sp³-hybridized carbons (Fsp3) is 0. The lowest BCUT2D eigenvalue weighted by molar-refractivity contribution is 1.06. The molecule has 0 aliphatic carbocycles. The summed E-state index contributed by atoms with van der Waals surface area (Å²) in [5, 5.41) is 4.99. The van der Waals surface area contributed by atoms with Gasteiger partial charge in [0.2, 0.25) is 0 Å². The molecule has 0 saturated heterocycles. The van der Waals surface area contributed by atoms with Gasteiger partial charge in [-0.1, -0.05) is 146 Å². The van der Waals surface area contributed by atoms with Crippen LogP contribution in [0, 0.1) is 0 Å². The highest BCUT2D eigenvalue weighted by Crippen LogP contribution is 2.44. The van der Waals surface area contributed by atoms with Crippen molar-refractivity contribution < 1.29 is 0 Å². The highest BCUT2D eigenvalue weighted by Gasteiger charge is 2.22. The fourth-order valence-electron chi connectivity index (χ4n) is 7.13. The summed E-state index contributed by atoms with van der Waals surface area (Å²) in [6, 6.07) is 59.6. The second-order valence-electron chi connectivity index (χ2n) is 12.4. The largest absolute Gasteiger partial charge is 0.307 e. The third-order valence-corrected chi connectivity index (χ3v) is 10.7. The minimum absolute atomic E-state index is 0.625. The van der Waals surface area contributed by atoms with E-state index in [1.54, 1.807) is 0 Å². The van der Waals surface area contributed by atoms with Gasteiger partial charge in [-0.3, -0.25) is 0 Å². The molecule has 0 amide bonds. The number of hydrogen-bond donors (Lipinski definition) is 0. The van der Waals surface area contributed by atoms with Crippen molar-refractivity contribution >= 4 is 53.3 Å². The Morgan fingerprint density at radius 3 is 1.66 bits per heavy atom. The Bertz CT molecular complexity index is 2800. The number of fused-ring (bicyclic) bond motifs is 7. The standard InChI is InChI=1S/C45H28N4S/c1-4-14-29(15-5-1)32-24-27-39(37(28-32)45-47-43(30-16-6-2-7-17-30)46-44(48-45)31-18-8-3-9-19-31)49-38-22-12-10-20-33(38)35-25-26-36-34-21-11-13-23-40(34)50-42(36)41(35)49/h1-28H. The van der Waals surface area contributed by atoms with Gasteiger partial charge in [-0.25, -0.2) is 15.0 Å². The second-order valence-corrected chi connectivity index (χ2v) is 13.5. The molecule has 0 aliphatic rings. The van der Waals surface area contributed by atoms with Gasteiger partial charge < -0.3 is 4.57 Å². The topological polar surface area (TPSA) is 43.6 Å². The Hall–Kier alpha value is -6.43.